The first-order valence-corrected chi connectivity index (χ1v) is 7.60. The van der Waals surface area contributed by atoms with Crippen LogP contribution >= 0.6 is 0 Å². The van der Waals surface area contributed by atoms with Crippen molar-refractivity contribution in [2.75, 3.05) is 14.2 Å². The predicted molar refractivity (Wildman–Crippen MR) is 87.3 cm³/mol. The molecule has 0 spiro atoms. The van der Waals surface area contributed by atoms with Gasteiger partial charge in [0.1, 0.15) is 17.3 Å². The van der Waals surface area contributed by atoms with Crippen molar-refractivity contribution in [3.63, 3.8) is 0 Å². The molecule has 2 rings (SSSR count). The van der Waals surface area contributed by atoms with Crippen LogP contribution in [0.3, 0.4) is 0 Å². The van der Waals surface area contributed by atoms with Crippen LogP contribution in [0.2, 0.25) is 0 Å². The maximum Gasteiger partial charge on any atom is 0.317 e. The Bertz CT molecular complexity index is 710. The second kappa shape index (κ2) is 7.33. The molecule has 1 atom stereocenters. The smallest absolute Gasteiger partial charge is 0.317 e. The fourth-order valence-corrected chi connectivity index (χ4v) is 2.45. The lowest BCUT2D eigenvalue weighted by Gasteiger charge is -2.22. The van der Waals surface area contributed by atoms with Crippen LogP contribution in [0.5, 0.6) is 5.75 Å². The Kier molecular flexibility index (Phi) is 5.43. The molecule has 0 saturated carbocycles. The first-order valence-electron chi connectivity index (χ1n) is 7.60. The molecular formula is C17H22FN3O3. The van der Waals surface area contributed by atoms with E-state index in [-0.39, 0.29) is 11.8 Å². The van der Waals surface area contributed by atoms with E-state index < -0.39 is 6.04 Å². The Balaban J connectivity index is 2.07. The maximum atomic E-state index is 13.5. The highest BCUT2D eigenvalue weighted by Crippen LogP contribution is 2.26. The lowest BCUT2D eigenvalue weighted by Crippen LogP contribution is -2.38. The molecule has 7 heteroatoms. The molecule has 0 unspecified atom stereocenters. The van der Waals surface area contributed by atoms with Crippen LogP contribution in [0.15, 0.2) is 22.7 Å². The van der Waals surface area contributed by atoms with Gasteiger partial charge in [0, 0.05) is 18.2 Å². The lowest BCUT2D eigenvalue weighted by atomic mass is 10.1. The van der Waals surface area contributed by atoms with Crippen molar-refractivity contribution < 1.29 is 18.4 Å². The first kappa shape index (κ1) is 17.8. The monoisotopic (exact) mass is 335 g/mol. The zero-order chi connectivity index (χ0) is 17.9. The summed E-state index contributed by atoms with van der Waals surface area (Å²) in [5.41, 5.74) is 2.22. The number of urea groups is 1. The van der Waals surface area contributed by atoms with Crippen LogP contribution in [-0.2, 0) is 6.54 Å². The number of hydrogen-bond acceptors (Lipinski definition) is 4. The second-order valence-corrected chi connectivity index (χ2v) is 5.72. The predicted octanol–water partition coefficient (Wildman–Crippen LogP) is 3.34. The SMILES string of the molecule is COc1ccc(F)cc1[C@@H](C)NC(=O)N(C)Cc1c(C)noc1C. The minimum absolute atomic E-state index is 0.284. The summed E-state index contributed by atoms with van der Waals surface area (Å²) in [6.07, 6.45) is 0. The van der Waals surface area contributed by atoms with E-state index in [1.165, 1.54) is 24.1 Å². The molecular weight excluding hydrogens is 313 g/mol. The molecule has 1 aromatic heterocycles. The molecule has 0 fully saturated rings. The van der Waals surface area contributed by atoms with Gasteiger partial charge in [-0.2, -0.15) is 0 Å². The van der Waals surface area contributed by atoms with Crippen LogP contribution in [0.25, 0.3) is 0 Å². The Morgan fingerprint density at radius 3 is 2.75 bits per heavy atom. The Morgan fingerprint density at radius 2 is 2.17 bits per heavy atom. The highest BCUT2D eigenvalue weighted by atomic mass is 19.1. The number of methoxy groups -OCH3 is 1. The van der Waals surface area contributed by atoms with E-state index in [0.717, 1.165) is 11.3 Å². The average Bonchev–Trinajstić information content (AvgIpc) is 2.86. The summed E-state index contributed by atoms with van der Waals surface area (Å²) >= 11 is 0. The third-order valence-electron chi connectivity index (χ3n) is 3.92. The number of nitrogens with zero attached hydrogens (tertiary/aromatic N) is 2. The molecule has 1 aromatic carbocycles. The van der Waals surface area contributed by atoms with Crippen molar-refractivity contribution in [3.8, 4) is 5.75 Å². The zero-order valence-electron chi connectivity index (χ0n) is 14.5. The number of aromatic nitrogens is 1. The van der Waals surface area contributed by atoms with Gasteiger partial charge in [-0.05, 0) is 39.0 Å². The van der Waals surface area contributed by atoms with Gasteiger partial charge in [-0.25, -0.2) is 9.18 Å². The van der Waals surface area contributed by atoms with Crippen LogP contribution in [0.1, 0.15) is 35.5 Å². The molecule has 0 bridgehead atoms. The largest absolute Gasteiger partial charge is 0.496 e. The van der Waals surface area contributed by atoms with E-state index in [4.69, 9.17) is 9.26 Å². The van der Waals surface area contributed by atoms with Gasteiger partial charge in [-0.3, -0.25) is 0 Å². The Morgan fingerprint density at radius 1 is 1.46 bits per heavy atom. The summed E-state index contributed by atoms with van der Waals surface area (Å²) in [6.45, 7) is 5.79. The van der Waals surface area contributed by atoms with Crippen LogP contribution in [0, 0.1) is 19.7 Å². The van der Waals surface area contributed by atoms with Crippen molar-refractivity contribution in [2.24, 2.45) is 0 Å². The zero-order valence-corrected chi connectivity index (χ0v) is 14.5. The minimum Gasteiger partial charge on any atom is -0.496 e. The Labute approximate surface area is 140 Å². The third kappa shape index (κ3) is 3.84. The van der Waals surface area contributed by atoms with Crippen molar-refractivity contribution in [1.82, 2.24) is 15.4 Å². The molecule has 0 radical (unpaired) electrons. The van der Waals surface area contributed by atoms with Gasteiger partial charge in [-0.15, -0.1) is 0 Å². The number of rotatable bonds is 5. The van der Waals surface area contributed by atoms with Crippen molar-refractivity contribution in [1.29, 1.82) is 0 Å². The molecule has 6 nitrogen and oxygen atoms in total. The topological polar surface area (TPSA) is 67.6 Å². The van der Waals surface area contributed by atoms with E-state index in [0.29, 0.717) is 23.6 Å². The van der Waals surface area contributed by atoms with Gasteiger partial charge in [0.25, 0.3) is 0 Å². The molecule has 1 heterocycles. The molecule has 1 N–H and O–H groups in total. The summed E-state index contributed by atoms with van der Waals surface area (Å²) in [5, 5.41) is 6.72. The van der Waals surface area contributed by atoms with E-state index >= 15 is 0 Å². The van der Waals surface area contributed by atoms with Gasteiger partial charge in [0.2, 0.25) is 0 Å². The molecule has 24 heavy (non-hydrogen) atoms. The molecule has 0 aliphatic carbocycles. The van der Waals surface area contributed by atoms with Gasteiger partial charge in [-0.1, -0.05) is 5.16 Å². The fraction of sp³-hybridized carbons (Fsp3) is 0.412. The van der Waals surface area contributed by atoms with E-state index in [1.807, 2.05) is 6.92 Å². The van der Waals surface area contributed by atoms with E-state index in [2.05, 4.69) is 10.5 Å². The number of carbonyl (C=O) groups is 1. The number of ether oxygens (including phenoxy) is 1. The molecule has 130 valence electrons. The molecule has 2 amide bonds. The van der Waals surface area contributed by atoms with Crippen LogP contribution < -0.4 is 10.1 Å². The van der Waals surface area contributed by atoms with Crippen LogP contribution in [-0.4, -0.2) is 30.2 Å². The van der Waals surface area contributed by atoms with Crippen LogP contribution in [0.4, 0.5) is 9.18 Å². The Hall–Kier alpha value is -2.57. The summed E-state index contributed by atoms with van der Waals surface area (Å²) in [4.78, 5) is 13.9. The van der Waals surface area contributed by atoms with Gasteiger partial charge in [0.15, 0.2) is 0 Å². The number of nitrogens with one attached hydrogen (secondary N) is 1. The number of aryl methyl sites for hydroxylation is 2. The number of halogens is 1. The summed E-state index contributed by atoms with van der Waals surface area (Å²) in [6, 6.07) is 3.53. The molecule has 0 aliphatic heterocycles. The molecule has 2 aromatic rings. The van der Waals surface area contributed by atoms with E-state index in [9.17, 15) is 9.18 Å². The fourth-order valence-electron chi connectivity index (χ4n) is 2.45. The summed E-state index contributed by atoms with van der Waals surface area (Å²) in [5.74, 6) is 0.834. The average molecular weight is 335 g/mol. The summed E-state index contributed by atoms with van der Waals surface area (Å²) in [7, 11) is 3.19. The number of benzene rings is 1. The lowest BCUT2D eigenvalue weighted by molar-refractivity contribution is 0.203. The van der Waals surface area contributed by atoms with Crippen molar-refractivity contribution in [2.45, 2.75) is 33.4 Å². The normalized spacial score (nSPS) is 11.9. The quantitative estimate of drug-likeness (QED) is 0.910. The van der Waals surface area contributed by atoms with Crippen molar-refractivity contribution >= 4 is 6.03 Å². The maximum absolute atomic E-state index is 13.5. The van der Waals surface area contributed by atoms with Gasteiger partial charge < -0.3 is 19.5 Å². The minimum atomic E-state index is -0.407. The third-order valence-corrected chi connectivity index (χ3v) is 3.92. The standard InChI is InChI=1S/C17H22FN3O3/c1-10(14-8-13(18)6-7-16(14)23-5)19-17(22)21(4)9-15-11(2)20-24-12(15)3/h6-8,10H,9H2,1-5H3,(H,19,22)/t10-/m1/s1. The number of hydrogen-bond donors (Lipinski definition) is 1. The number of amides is 2. The highest BCUT2D eigenvalue weighted by molar-refractivity contribution is 5.74. The highest BCUT2D eigenvalue weighted by Gasteiger charge is 2.19. The number of carbonyl (C=O) groups excluding carboxylic acids is 1. The summed E-state index contributed by atoms with van der Waals surface area (Å²) < 4.78 is 23.8. The van der Waals surface area contributed by atoms with Gasteiger partial charge >= 0.3 is 6.03 Å². The van der Waals surface area contributed by atoms with E-state index in [1.54, 1.807) is 27.0 Å². The van der Waals surface area contributed by atoms with Crippen molar-refractivity contribution in [3.05, 3.63) is 46.6 Å². The molecule has 0 aliphatic rings. The second-order valence-electron chi connectivity index (χ2n) is 5.72. The molecule has 0 saturated heterocycles. The first-order chi connectivity index (χ1) is 11.3. The van der Waals surface area contributed by atoms with Gasteiger partial charge in [0.05, 0.1) is 25.4 Å².